The summed E-state index contributed by atoms with van der Waals surface area (Å²) < 4.78 is 43.3. The van der Waals surface area contributed by atoms with Crippen molar-refractivity contribution < 1.29 is 22.3 Å². The van der Waals surface area contributed by atoms with E-state index in [-0.39, 0.29) is 17.3 Å². The van der Waals surface area contributed by atoms with Crippen molar-refractivity contribution in [2.75, 3.05) is 7.11 Å². The quantitative estimate of drug-likeness (QED) is 0.556. The Kier molecular flexibility index (Phi) is 6.63. The van der Waals surface area contributed by atoms with Crippen molar-refractivity contribution in [2.45, 2.75) is 17.5 Å². The summed E-state index contributed by atoms with van der Waals surface area (Å²) in [6.45, 7) is 0.181. The first kappa shape index (κ1) is 21.7. The van der Waals surface area contributed by atoms with E-state index in [0.717, 1.165) is 23.9 Å². The van der Waals surface area contributed by atoms with Gasteiger partial charge in [0.25, 0.3) is 5.91 Å². The number of hydrogen-bond donors (Lipinski definition) is 1. The molecule has 0 aliphatic carbocycles. The lowest BCUT2D eigenvalue weighted by Crippen LogP contribution is -2.25. The highest BCUT2D eigenvalue weighted by Gasteiger charge is 2.23. The van der Waals surface area contributed by atoms with Gasteiger partial charge in [0.2, 0.25) is 15.0 Å². The third kappa shape index (κ3) is 5.31. The minimum absolute atomic E-state index is 0.0806. The van der Waals surface area contributed by atoms with Crippen LogP contribution in [0.15, 0.2) is 59.9 Å². The monoisotopic (exact) mass is 449 g/mol. The number of rotatable bonds is 7. The van der Waals surface area contributed by atoms with Gasteiger partial charge in [-0.2, -0.15) is 0 Å². The van der Waals surface area contributed by atoms with E-state index in [0.29, 0.717) is 11.3 Å². The third-order valence-electron chi connectivity index (χ3n) is 4.10. The first-order valence-electron chi connectivity index (χ1n) is 8.69. The summed E-state index contributed by atoms with van der Waals surface area (Å²) in [6.07, 6.45) is 1.06. The smallest absolute Gasteiger partial charge is 0.271 e. The average Bonchev–Trinajstić information content (AvgIpc) is 2.74. The Morgan fingerprint density at radius 2 is 1.73 bits per heavy atom. The fourth-order valence-corrected chi connectivity index (χ4v) is 3.92. The van der Waals surface area contributed by atoms with E-state index in [2.05, 4.69) is 15.3 Å². The topological polar surface area (TPSA) is 98.2 Å². The molecule has 0 unspecified atom stereocenters. The molecule has 1 amide bonds. The van der Waals surface area contributed by atoms with E-state index in [1.807, 2.05) is 0 Å². The van der Waals surface area contributed by atoms with Gasteiger partial charge in [-0.15, -0.1) is 0 Å². The molecule has 0 saturated carbocycles. The van der Waals surface area contributed by atoms with E-state index in [9.17, 15) is 17.6 Å². The second-order valence-electron chi connectivity index (χ2n) is 6.27. The van der Waals surface area contributed by atoms with Crippen molar-refractivity contribution in [3.8, 4) is 5.75 Å². The van der Waals surface area contributed by atoms with Crippen LogP contribution in [0.4, 0.5) is 4.39 Å². The molecule has 0 fully saturated rings. The molecule has 0 aliphatic heterocycles. The molecule has 156 valence electrons. The maximum Gasteiger partial charge on any atom is 0.271 e. The second-order valence-corrected chi connectivity index (χ2v) is 8.56. The van der Waals surface area contributed by atoms with Crippen LogP contribution in [0.5, 0.6) is 5.75 Å². The zero-order chi connectivity index (χ0) is 21.7. The predicted molar refractivity (Wildman–Crippen MR) is 108 cm³/mol. The molecule has 10 heteroatoms. The number of carbonyl (C=O) groups excluding carboxylic acids is 1. The van der Waals surface area contributed by atoms with E-state index >= 15 is 0 Å². The number of nitrogens with zero attached hydrogens (tertiary/aromatic N) is 2. The maximum absolute atomic E-state index is 13.0. The Morgan fingerprint density at radius 3 is 2.37 bits per heavy atom. The number of halogens is 2. The number of amides is 1. The van der Waals surface area contributed by atoms with Crippen molar-refractivity contribution in [1.29, 1.82) is 0 Å². The highest BCUT2D eigenvalue weighted by Crippen LogP contribution is 2.18. The van der Waals surface area contributed by atoms with Gasteiger partial charge in [-0.3, -0.25) is 4.79 Å². The number of benzene rings is 2. The average molecular weight is 450 g/mol. The molecule has 3 aromatic rings. The molecule has 1 aromatic heterocycles. The van der Waals surface area contributed by atoms with E-state index in [4.69, 9.17) is 16.3 Å². The summed E-state index contributed by atoms with van der Waals surface area (Å²) in [5.41, 5.74) is 0.914. The number of carbonyl (C=O) groups is 1. The van der Waals surface area contributed by atoms with Gasteiger partial charge < -0.3 is 10.1 Å². The summed E-state index contributed by atoms with van der Waals surface area (Å²) in [6, 6.07) is 12.1. The van der Waals surface area contributed by atoms with Gasteiger partial charge in [0, 0.05) is 6.54 Å². The molecule has 1 heterocycles. The Labute approximate surface area is 177 Å². The van der Waals surface area contributed by atoms with E-state index in [1.165, 1.54) is 12.1 Å². The van der Waals surface area contributed by atoms with Gasteiger partial charge in [0.1, 0.15) is 11.6 Å². The molecule has 0 saturated heterocycles. The van der Waals surface area contributed by atoms with Crippen molar-refractivity contribution in [2.24, 2.45) is 0 Å². The minimum Gasteiger partial charge on any atom is -0.497 e. The first-order chi connectivity index (χ1) is 14.3. The second kappa shape index (κ2) is 9.19. The molecule has 0 atom stereocenters. The molecule has 0 radical (unpaired) electrons. The number of aromatic nitrogens is 2. The lowest BCUT2D eigenvalue weighted by atomic mass is 10.2. The summed E-state index contributed by atoms with van der Waals surface area (Å²) in [5, 5.41) is 2.02. The van der Waals surface area contributed by atoms with Gasteiger partial charge >= 0.3 is 0 Å². The van der Waals surface area contributed by atoms with Crippen LogP contribution in [0.25, 0.3) is 0 Å². The molecular formula is C20H17ClFN3O4S. The molecule has 2 aromatic carbocycles. The van der Waals surface area contributed by atoms with Gasteiger partial charge in [0.05, 0.1) is 24.1 Å². The van der Waals surface area contributed by atoms with Crippen molar-refractivity contribution >= 4 is 27.3 Å². The van der Waals surface area contributed by atoms with Crippen LogP contribution >= 0.6 is 11.6 Å². The molecule has 7 nitrogen and oxygen atoms in total. The number of methoxy groups -OCH3 is 1. The van der Waals surface area contributed by atoms with E-state index < -0.39 is 32.5 Å². The fourth-order valence-electron chi connectivity index (χ4n) is 2.53. The lowest BCUT2D eigenvalue weighted by molar-refractivity contribution is 0.0945. The zero-order valence-corrected chi connectivity index (χ0v) is 17.4. The van der Waals surface area contributed by atoms with Crippen LogP contribution in [0.3, 0.4) is 0 Å². The third-order valence-corrected chi connectivity index (χ3v) is 5.84. The lowest BCUT2D eigenvalue weighted by Gasteiger charge is -2.09. The number of nitrogens with one attached hydrogen (secondary N) is 1. The summed E-state index contributed by atoms with van der Waals surface area (Å²) in [4.78, 5) is 20.1. The van der Waals surface area contributed by atoms with Crippen molar-refractivity contribution in [3.63, 3.8) is 0 Å². The number of hydrogen-bond acceptors (Lipinski definition) is 6. The molecule has 0 aliphatic rings. The molecule has 30 heavy (non-hydrogen) atoms. The van der Waals surface area contributed by atoms with Crippen LogP contribution in [0.1, 0.15) is 21.6 Å². The fraction of sp³-hybridized carbons (Fsp3) is 0.150. The molecule has 3 rings (SSSR count). The number of sulfone groups is 1. The largest absolute Gasteiger partial charge is 0.497 e. The summed E-state index contributed by atoms with van der Waals surface area (Å²) in [5.74, 6) is -0.881. The highest BCUT2D eigenvalue weighted by atomic mass is 35.5. The van der Waals surface area contributed by atoms with Crippen molar-refractivity contribution in [3.05, 3.63) is 82.4 Å². The van der Waals surface area contributed by atoms with Crippen molar-refractivity contribution in [1.82, 2.24) is 15.3 Å². The highest BCUT2D eigenvalue weighted by molar-refractivity contribution is 7.90. The molecular weight excluding hydrogens is 433 g/mol. The SMILES string of the molecule is COc1ccc(CNC(=O)c2nc(S(=O)(=O)Cc3ccc(F)cc3)ncc2Cl)cc1. The first-order valence-corrected chi connectivity index (χ1v) is 10.7. The standard InChI is InChI=1S/C20H17ClFN3O4S/c1-29-16-8-4-13(5-9-16)10-23-19(26)18-17(21)11-24-20(25-18)30(27,28)12-14-2-6-15(22)7-3-14/h2-9,11H,10,12H2,1H3,(H,23,26). The van der Waals surface area contributed by atoms with Crippen LogP contribution in [-0.2, 0) is 22.1 Å². The van der Waals surface area contributed by atoms with Crippen LogP contribution < -0.4 is 10.1 Å². The predicted octanol–water partition coefficient (Wildman–Crippen LogP) is 3.18. The Bertz CT molecular complexity index is 1150. The maximum atomic E-state index is 13.0. The zero-order valence-electron chi connectivity index (χ0n) is 15.8. The van der Waals surface area contributed by atoms with Gasteiger partial charge in [-0.25, -0.2) is 22.8 Å². The Morgan fingerprint density at radius 1 is 1.10 bits per heavy atom. The number of ether oxygens (including phenoxy) is 1. The van der Waals surface area contributed by atoms with E-state index in [1.54, 1.807) is 31.4 Å². The van der Waals surface area contributed by atoms with Gasteiger partial charge in [0.15, 0.2) is 5.69 Å². The molecule has 1 N–H and O–H groups in total. The van der Waals surface area contributed by atoms with Crippen LogP contribution in [-0.4, -0.2) is 31.4 Å². The molecule has 0 spiro atoms. The Balaban J connectivity index is 1.76. The Hall–Kier alpha value is -3.04. The van der Waals surface area contributed by atoms with Gasteiger partial charge in [-0.1, -0.05) is 35.9 Å². The summed E-state index contributed by atoms with van der Waals surface area (Å²) >= 11 is 6.00. The minimum atomic E-state index is -3.97. The molecule has 0 bridgehead atoms. The van der Waals surface area contributed by atoms with Crippen LogP contribution in [0, 0.1) is 5.82 Å². The summed E-state index contributed by atoms with van der Waals surface area (Å²) in [7, 11) is -2.42. The normalized spacial score (nSPS) is 11.2. The van der Waals surface area contributed by atoms with Crippen LogP contribution in [0.2, 0.25) is 5.02 Å². The van der Waals surface area contributed by atoms with Gasteiger partial charge in [-0.05, 0) is 35.4 Å².